The molecule has 0 bridgehead atoms. The normalized spacial score (nSPS) is 17.6. The molecule has 0 saturated carbocycles. The van der Waals surface area contributed by atoms with Crippen molar-refractivity contribution >= 4 is 5.76 Å². The summed E-state index contributed by atoms with van der Waals surface area (Å²) in [6, 6.07) is 3.31. The Kier molecular flexibility index (Phi) is 13.5. The second kappa shape index (κ2) is 16.5. The van der Waals surface area contributed by atoms with Crippen LogP contribution < -0.4 is 14.2 Å². The zero-order valence-electron chi connectivity index (χ0n) is 30.5. The predicted molar refractivity (Wildman–Crippen MR) is 189 cm³/mol. The molecule has 1 heterocycles. The van der Waals surface area contributed by atoms with Crippen LogP contribution in [0, 0.1) is 38.5 Å². The number of ether oxygens (including phenoxy) is 3. The summed E-state index contributed by atoms with van der Waals surface area (Å²) in [6.45, 7) is 27.1. The molecule has 2 aromatic rings. The first kappa shape index (κ1) is 38.6. The van der Waals surface area contributed by atoms with E-state index < -0.39 is 11.7 Å². The van der Waals surface area contributed by atoms with Gasteiger partial charge in [-0.1, -0.05) is 85.8 Å². The van der Waals surface area contributed by atoms with Crippen molar-refractivity contribution in [3.63, 3.8) is 0 Å². The summed E-state index contributed by atoms with van der Waals surface area (Å²) in [4.78, 5) is 0. The summed E-state index contributed by atoms with van der Waals surface area (Å²) in [5.74, 6) is 4.42. The minimum Gasteiger partial charge on any atom is -0.487 e. The maximum Gasteiger partial charge on any atom is 0.416 e. The van der Waals surface area contributed by atoms with Gasteiger partial charge in [0.15, 0.2) is 0 Å². The predicted octanol–water partition coefficient (Wildman–Crippen LogP) is 13.1. The molecule has 0 aromatic heterocycles. The fourth-order valence-corrected chi connectivity index (χ4v) is 6.79. The highest BCUT2D eigenvalue weighted by Crippen LogP contribution is 2.46. The van der Waals surface area contributed by atoms with Gasteiger partial charge < -0.3 is 14.2 Å². The number of hydrogen-bond donors (Lipinski definition) is 0. The summed E-state index contributed by atoms with van der Waals surface area (Å²) in [6.07, 6.45) is 8.69. The van der Waals surface area contributed by atoms with Gasteiger partial charge in [-0.25, -0.2) is 0 Å². The largest absolute Gasteiger partial charge is 0.487 e. The van der Waals surface area contributed by atoms with Crippen LogP contribution in [0.15, 0.2) is 37.1 Å². The van der Waals surface area contributed by atoms with Crippen LogP contribution in [0.2, 0.25) is 0 Å². The first-order valence-corrected chi connectivity index (χ1v) is 17.6. The molecule has 262 valence electrons. The van der Waals surface area contributed by atoms with Gasteiger partial charge in [-0.05, 0) is 113 Å². The monoisotopic (exact) mass is 656 g/mol. The van der Waals surface area contributed by atoms with Gasteiger partial charge in [-0.2, -0.15) is 13.2 Å². The van der Waals surface area contributed by atoms with Gasteiger partial charge in [0.1, 0.15) is 28.6 Å². The maximum absolute atomic E-state index is 13.4. The first-order chi connectivity index (χ1) is 21.9. The summed E-state index contributed by atoms with van der Waals surface area (Å²) >= 11 is 0. The molecular weight excluding hydrogens is 597 g/mol. The van der Waals surface area contributed by atoms with E-state index in [1.54, 1.807) is 6.92 Å². The third-order valence-corrected chi connectivity index (χ3v) is 9.96. The van der Waals surface area contributed by atoms with Gasteiger partial charge >= 0.3 is 6.18 Å². The van der Waals surface area contributed by atoms with Crippen molar-refractivity contribution in [2.24, 2.45) is 17.8 Å². The number of allylic oxidation sites excluding steroid dienone is 1. The van der Waals surface area contributed by atoms with E-state index in [2.05, 4.69) is 54.7 Å². The molecule has 2 aromatic carbocycles. The fraction of sp³-hybridized carbons (Fsp3) is 0.610. The van der Waals surface area contributed by atoms with Crippen molar-refractivity contribution in [2.45, 2.75) is 145 Å². The third-order valence-electron chi connectivity index (χ3n) is 9.96. The molecule has 47 heavy (non-hydrogen) atoms. The quantitative estimate of drug-likeness (QED) is 0.159. The van der Waals surface area contributed by atoms with Crippen molar-refractivity contribution in [3.8, 4) is 17.2 Å². The molecule has 1 aliphatic rings. The van der Waals surface area contributed by atoms with Gasteiger partial charge in [-0.15, -0.1) is 0 Å². The standard InChI is InChI=1S/C41H59F3O3/c1-26(2)15-12-16-28(5)17-13-18-29(6)19-14-23-40(11)24-22-35-32(9)38(30(7)31(8)39(35)47-40)46-33(10)36-21-20-34(41(42,43)44)25-37(36)45-27(3)4/h20-21,25-26,28-29H,3,10,12-19,22-24H2,1-2,4-9,11H3. The Labute approximate surface area is 283 Å². The van der Waals surface area contributed by atoms with Crippen LogP contribution in [0.3, 0.4) is 0 Å². The van der Waals surface area contributed by atoms with E-state index in [9.17, 15) is 13.2 Å². The number of hydrogen-bond acceptors (Lipinski definition) is 3. The Morgan fingerprint density at radius 2 is 1.47 bits per heavy atom. The Morgan fingerprint density at radius 1 is 0.872 bits per heavy atom. The smallest absolute Gasteiger partial charge is 0.416 e. The SMILES string of the molecule is C=C(C)Oc1cc(C(F)(F)F)ccc1C(=C)Oc1c(C)c(C)c2c(c1C)CCC(C)(CCCC(C)CCCC(C)CCCC(C)C)O2. The Morgan fingerprint density at radius 3 is 2.04 bits per heavy atom. The van der Waals surface area contributed by atoms with E-state index in [4.69, 9.17) is 14.2 Å². The molecule has 0 spiro atoms. The van der Waals surface area contributed by atoms with Crippen molar-refractivity contribution in [1.82, 2.24) is 0 Å². The van der Waals surface area contributed by atoms with Crippen molar-refractivity contribution in [3.05, 3.63) is 70.5 Å². The Bertz CT molecular complexity index is 1390. The molecule has 0 saturated heterocycles. The fourth-order valence-electron chi connectivity index (χ4n) is 6.79. The minimum atomic E-state index is -4.51. The van der Waals surface area contributed by atoms with Gasteiger partial charge in [-0.3, -0.25) is 0 Å². The van der Waals surface area contributed by atoms with Crippen LogP contribution in [-0.4, -0.2) is 5.60 Å². The molecule has 1 aliphatic heterocycles. The zero-order chi connectivity index (χ0) is 35.1. The molecule has 0 aliphatic carbocycles. The van der Waals surface area contributed by atoms with Crippen LogP contribution in [0.4, 0.5) is 13.2 Å². The van der Waals surface area contributed by atoms with E-state index in [1.807, 2.05) is 13.8 Å². The number of benzene rings is 2. The molecule has 3 nitrogen and oxygen atoms in total. The van der Waals surface area contributed by atoms with Gasteiger partial charge in [0.05, 0.1) is 16.9 Å². The third kappa shape index (κ3) is 10.8. The molecule has 3 rings (SSSR count). The summed E-state index contributed by atoms with van der Waals surface area (Å²) in [5, 5.41) is 0. The maximum atomic E-state index is 13.4. The summed E-state index contributed by atoms with van der Waals surface area (Å²) < 4.78 is 59.0. The van der Waals surface area contributed by atoms with E-state index in [-0.39, 0.29) is 22.9 Å². The van der Waals surface area contributed by atoms with Crippen LogP contribution in [0.25, 0.3) is 5.76 Å². The lowest BCUT2D eigenvalue weighted by atomic mass is 9.83. The molecule has 0 amide bonds. The second-order valence-electron chi connectivity index (χ2n) is 15.0. The Balaban J connectivity index is 1.64. The molecular formula is C41H59F3O3. The van der Waals surface area contributed by atoms with Crippen LogP contribution in [-0.2, 0) is 12.6 Å². The van der Waals surface area contributed by atoms with E-state index in [1.165, 1.54) is 51.0 Å². The lowest BCUT2D eigenvalue weighted by molar-refractivity contribution is -0.137. The average Bonchev–Trinajstić information content (AvgIpc) is 2.97. The van der Waals surface area contributed by atoms with Gasteiger partial charge in [0.25, 0.3) is 0 Å². The topological polar surface area (TPSA) is 27.7 Å². The average molecular weight is 657 g/mol. The Hall–Kier alpha value is -2.89. The number of rotatable bonds is 17. The lowest BCUT2D eigenvalue weighted by Gasteiger charge is -2.38. The van der Waals surface area contributed by atoms with Crippen molar-refractivity contribution in [2.75, 3.05) is 0 Å². The molecule has 3 atom stereocenters. The van der Waals surface area contributed by atoms with Crippen molar-refractivity contribution < 1.29 is 27.4 Å². The van der Waals surface area contributed by atoms with Crippen LogP contribution in [0.5, 0.6) is 17.2 Å². The van der Waals surface area contributed by atoms with Crippen LogP contribution in [0.1, 0.15) is 139 Å². The molecule has 0 radical (unpaired) electrons. The highest BCUT2D eigenvalue weighted by atomic mass is 19.4. The number of fused-ring (bicyclic) bond motifs is 1. The first-order valence-electron chi connectivity index (χ1n) is 17.6. The summed E-state index contributed by atoms with van der Waals surface area (Å²) in [7, 11) is 0. The molecule has 6 heteroatoms. The van der Waals surface area contributed by atoms with Gasteiger partial charge in [0, 0.05) is 5.56 Å². The summed E-state index contributed by atoms with van der Waals surface area (Å²) in [5.41, 5.74) is 3.33. The van der Waals surface area contributed by atoms with Crippen LogP contribution >= 0.6 is 0 Å². The highest BCUT2D eigenvalue weighted by Gasteiger charge is 2.35. The number of halogens is 3. The highest BCUT2D eigenvalue weighted by molar-refractivity contribution is 5.69. The number of alkyl halides is 3. The zero-order valence-corrected chi connectivity index (χ0v) is 30.5. The molecule has 3 unspecified atom stereocenters. The van der Waals surface area contributed by atoms with Gasteiger partial charge in [0.2, 0.25) is 0 Å². The van der Waals surface area contributed by atoms with E-state index in [0.29, 0.717) is 11.3 Å². The molecule has 0 N–H and O–H groups in total. The molecule has 0 fully saturated rings. The lowest BCUT2D eigenvalue weighted by Crippen LogP contribution is -2.37. The second-order valence-corrected chi connectivity index (χ2v) is 15.0. The van der Waals surface area contributed by atoms with Crippen molar-refractivity contribution in [1.29, 1.82) is 0 Å². The van der Waals surface area contributed by atoms with E-state index in [0.717, 1.165) is 83.6 Å². The van der Waals surface area contributed by atoms with E-state index >= 15 is 0 Å². The minimum absolute atomic E-state index is 0.00221.